The minimum Gasteiger partial charge on any atom is -0.446 e. The summed E-state index contributed by atoms with van der Waals surface area (Å²) in [4.78, 5) is 18.1. The van der Waals surface area contributed by atoms with Crippen LogP contribution in [0.5, 0.6) is 0 Å². The Morgan fingerprint density at radius 1 is 1.00 bits per heavy atom. The summed E-state index contributed by atoms with van der Waals surface area (Å²) in [7, 11) is 0. The molecule has 6 nitrogen and oxygen atoms in total. The average molecular weight is 482 g/mol. The van der Waals surface area contributed by atoms with Crippen LogP contribution in [0.15, 0.2) is 64.2 Å². The van der Waals surface area contributed by atoms with Gasteiger partial charge in [0.1, 0.15) is 12.5 Å². The molecule has 0 bridgehead atoms. The first-order valence-corrected chi connectivity index (χ1v) is 9.75. The summed E-state index contributed by atoms with van der Waals surface area (Å²) in [5, 5.41) is 2.46. The highest BCUT2D eigenvalue weighted by Crippen LogP contribution is 2.37. The number of fused-ring (bicyclic) bond motifs is 1. The van der Waals surface area contributed by atoms with Gasteiger partial charge in [-0.1, -0.05) is 0 Å². The van der Waals surface area contributed by atoms with Crippen molar-refractivity contribution in [2.75, 3.05) is 10.2 Å². The molecule has 1 atom stereocenters. The van der Waals surface area contributed by atoms with Crippen LogP contribution in [0.1, 0.15) is 28.4 Å². The second-order valence-corrected chi connectivity index (χ2v) is 7.46. The number of benzene rings is 2. The fourth-order valence-corrected chi connectivity index (χ4v) is 3.43. The average Bonchev–Trinajstić information content (AvgIpc) is 3.23. The number of hydrogen-bond acceptors (Lipinski definition) is 5. The molecule has 34 heavy (non-hydrogen) atoms. The van der Waals surface area contributed by atoms with Crippen LogP contribution >= 0.6 is 0 Å². The molecule has 1 unspecified atom stereocenters. The summed E-state index contributed by atoms with van der Waals surface area (Å²) in [5.41, 5.74) is 4.44. The lowest BCUT2D eigenvalue weighted by molar-refractivity contribution is -0.143. The Balaban J connectivity index is 1.47. The normalized spacial score (nSPS) is 15.9. The molecule has 2 heterocycles. The zero-order valence-electron chi connectivity index (χ0n) is 17.1. The van der Waals surface area contributed by atoms with Gasteiger partial charge in [-0.2, -0.15) is 26.3 Å². The fraction of sp³-hybridized carbons (Fsp3) is 0.182. The molecule has 1 aliphatic heterocycles. The lowest BCUT2D eigenvalue weighted by Gasteiger charge is -2.29. The van der Waals surface area contributed by atoms with Crippen molar-refractivity contribution in [3.05, 3.63) is 77.0 Å². The number of alkyl halides is 6. The summed E-state index contributed by atoms with van der Waals surface area (Å²) < 4.78 is 83.2. The van der Waals surface area contributed by atoms with Gasteiger partial charge in [-0.05, 0) is 54.1 Å². The first-order valence-electron chi connectivity index (χ1n) is 9.75. The molecule has 178 valence electrons. The number of halogens is 6. The summed E-state index contributed by atoms with van der Waals surface area (Å²) in [6, 6.07) is 9.05. The van der Waals surface area contributed by atoms with Crippen molar-refractivity contribution in [1.82, 2.24) is 0 Å². The lowest BCUT2D eigenvalue weighted by Crippen LogP contribution is -2.35. The molecule has 0 saturated heterocycles. The number of nitrogens with zero attached hydrogens (tertiary/aromatic N) is 2. The van der Waals surface area contributed by atoms with Gasteiger partial charge in [-0.25, -0.2) is 4.99 Å². The van der Waals surface area contributed by atoms with Crippen molar-refractivity contribution in [2.45, 2.75) is 24.9 Å². The maximum Gasteiger partial charge on any atom is 0.416 e. The number of rotatable bonds is 4. The highest BCUT2D eigenvalue weighted by molar-refractivity contribution is 5.93. The monoisotopic (exact) mass is 482 g/mol. The first-order chi connectivity index (χ1) is 15.9. The van der Waals surface area contributed by atoms with E-state index in [0.29, 0.717) is 35.0 Å². The molecule has 1 aromatic heterocycles. The molecule has 0 spiro atoms. The quantitative estimate of drug-likeness (QED) is 0.472. The number of amides is 1. The number of nitrogens with two attached hydrogens (primary N) is 1. The molecule has 12 heteroatoms. The summed E-state index contributed by atoms with van der Waals surface area (Å²) in [6.07, 6.45) is -8.27. The van der Waals surface area contributed by atoms with E-state index in [4.69, 9.17) is 10.2 Å². The maximum absolute atomic E-state index is 13.0. The number of hydrogen-bond donors (Lipinski definition) is 2. The van der Waals surface area contributed by atoms with E-state index in [2.05, 4.69) is 10.3 Å². The molecule has 3 N–H and O–H groups in total. The predicted molar refractivity (Wildman–Crippen MR) is 111 cm³/mol. The van der Waals surface area contributed by atoms with E-state index in [1.807, 2.05) is 0 Å². The molecule has 4 rings (SSSR count). The van der Waals surface area contributed by atoms with Crippen LogP contribution < -0.4 is 16.0 Å². The molecule has 1 amide bonds. The summed E-state index contributed by atoms with van der Waals surface area (Å²) >= 11 is 0. The molecule has 0 aliphatic carbocycles. The van der Waals surface area contributed by atoms with Gasteiger partial charge in [0.05, 0.1) is 29.4 Å². The Labute approximate surface area is 188 Å². The number of nitrogens with one attached hydrogen (secondary N) is 1. The van der Waals surface area contributed by atoms with Crippen molar-refractivity contribution in [3.63, 3.8) is 0 Å². The molecular weight excluding hydrogens is 466 g/mol. The van der Waals surface area contributed by atoms with Crippen LogP contribution in [-0.4, -0.2) is 12.2 Å². The van der Waals surface area contributed by atoms with E-state index in [1.54, 1.807) is 23.1 Å². The third-order valence-electron chi connectivity index (χ3n) is 5.05. The maximum atomic E-state index is 13.0. The second-order valence-electron chi connectivity index (χ2n) is 7.46. The zero-order chi connectivity index (χ0) is 24.7. The van der Waals surface area contributed by atoms with Crippen LogP contribution in [-0.2, 0) is 23.6 Å². The molecule has 1 aliphatic rings. The van der Waals surface area contributed by atoms with Gasteiger partial charge < -0.3 is 20.4 Å². The minimum absolute atomic E-state index is 0.0151. The van der Waals surface area contributed by atoms with E-state index in [9.17, 15) is 31.1 Å². The predicted octanol–water partition coefficient (Wildman–Crippen LogP) is 5.64. The Hall–Kier alpha value is -3.80. The van der Waals surface area contributed by atoms with Gasteiger partial charge in [0.25, 0.3) is 0 Å². The van der Waals surface area contributed by atoms with Crippen molar-refractivity contribution in [2.24, 2.45) is 10.7 Å². The Kier molecular flexibility index (Phi) is 5.86. The van der Waals surface area contributed by atoms with Crippen molar-refractivity contribution in [1.29, 1.82) is 0 Å². The SMILES string of the molecule is NC1c2ccoc2N=CN1c1ccc(NC(=O)Cc2cc(C(F)(F)F)cc(C(F)(F)F)c2)cc1. The van der Waals surface area contributed by atoms with Gasteiger partial charge in [-0.3, -0.25) is 4.79 Å². The Morgan fingerprint density at radius 2 is 1.62 bits per heavy atom. The van der Waals surface area contributed by atoms with Crippen molar-refractivity contribution >= 4 is 29.5 Å². The molecule has 0 saturated carbocycles. The highest BCUT2D eigenvalue weighted by atomic mass is 19.4. The lowest BCUT2D eigenvalue weighted by atomic mass is 10.0. The number of carbonyl (C=O) groups is 1. The number of anilines is 2. The fourth-order valence-electron chi connectivity index (χ4n) is 3.43. The van der Waals surface area contributed by atoms with Crippen LogP contribution in [0.25, 0.3) is 0 Å². The van der Waals surface area contributed by atoms with E-state index in [0.717, 1.165) is 0 Å². The van der Waals surface area contributed by atoms with Gasteiger partial charge in [0, 0.05) is 11.4 Å². The molecule has 2 aromatic carbocycles. The number of furan rings is 1. The van der Waals surface area contributed by atoms with Crippen LogP contribution in [0.4, 0.5) is 43.6 Å². The van der Waals surface area contributed by atoms with E-state index >= 15 is 0 Å². The summed E-state index contributed by atoms with van der Waals surface area (Å²) in [5.74, 6) is -0.379. The third kappa shape index (κ3) is 4.91. The van der Waals surface area contributed by atoms with E-state index in [-0.39, 0.29) is 6.07 Å². The topological polar surface area (TPSA) is 83.9 Å². The third-order valence-corrected chi connectivity index (χ3v) is 5.05. The first kappa shape index (κ1) is 23.4. The second kappa shape index (κ2) is 8.52. The van der Waals surface area contributed by atoms with Gasteiger partial charge in [0.2, 0.25) is 11.8 Å². The highest BCUT2D eigenvalue weighted by Gasteiger charge is 2.37. The smallest absolute Gasteiger partial charge is 0.416 e. The molecule has 0 radical (unpaired) electrons. The molecule has 0 fully saturated rings. The van der Waals surface area contributed by atoms with Crippen LogP contribution in [0.2, 0.25) is 0 Å². The van der Waals surface area contributed by atoms with Gasteiger partial charge >= 0.3 is 12.4 Å². The van der Waals surface area contributed by atoms with Crippen LogP contribution in [0, 0.1) is 0 Å². The van der Waals surface area contributed by atoms with Gasteiger partial charge in [-0.15, -0.1) is 0 Å². The standard InChI is InChI=1S/C22H16F6N4O2/c23-21(24,25)13-7-12(8-14(10-13)22(26,27)28)9-18(33)31-15-1-3-16(4-2-15)32-11-30-20-17(19(32)29)5-6-34-20/h1-8,10-11,19H,9,29H2,(H,31,33). The number of aliphatic imine (C=N–C) groups is 1. The molecule has 3 aromatic rings. The zero-order valence-corrected chi connectivity index (χ0v) is 17.1. The molecular formula is C22H16F6N4O2. The Bertz CT molecular complexity index is 1200. The van der Waals surface area contributed by atoms with Crippen LogP contribution in [0.3, 0.4) is 0 Å². The summed E-state index contributed by atoms with van der Waals surface area (Å²) in [6.45, 7) is 0. The minimum atomic E-state index is -4.99. The Morgan fingerprint density at radius 3 is 2.21 bits per heavy atom. The van der Waals surface area contributed by atoms with E-state index in [1.165, 1.54) is 24.7 Å². The van der Waals surface area contributed by atoms with E-state index < -0.39 is 47.5 Å². The number of carbonyl (C=O) groups excluding carboxylic acids is 1. The van der Waals surface area contributed by atoms with Gasteiger partial charge in [0.15, 0.2) is 0 Å². The largest absolute Gasteiger partial charge is 0.446 e. The van der Waals surface area contributed by atoms with Crippen molar-refractivity contribution < 1.29 is 35.6 Å². The van der Waals surface area contributed by atoms with Crippen molar-refractivity contribution in [3.8, 4) is 0 Å².